The molecule has 0 bridgehead atoms. The normalized spacial score (nSPS) is 16.2. The molecule has 1 atom stereocenters. The van der Waals surface area contributed by atoms with Gasteiger partial charge in [-0.1, -0.05) is 18.2 Å². The molecule has 1 heterocycles. The van der Waals surface area contributed by atoms with Crippen LogP contribution in [0.25, 0.3) is 0 Å². The predicted molar refractivity (Wildman–Crippen MR) is 77.7 cm³/mol. The monoisotopic (exact) mass is 286 g/mol. The predicted octanol–water partition coefficient (Wildman–Crippen LogP) is 2.58. The van der Waals surface area contributed by atoms with Crippen LogP contribution in [0.3, 0.4) is 0 Å². The van der Waals surface area contributed by atoms with Gasteiger partial charge >= 0.3 is 0 Å². The first-order chi connectivity index (χ1) is 10.1. The fourth-order valence-electron chi connectivity index (χ4n) is 2.35. The van der Waals surface area contributed by atoms with Crippen LogP contribution in [0.15, 0.2) is 36.4 Å². The van der Waals surface area contributed by atoms with Gasteiger partial charge in [0.2, 0.25) is 0 Å². The number of nitrogens with one attached hydrogen (secondary N) is 1. The summed E-state index contributed by atoms with van der Waals surface area (Å²) in [4.78, 5) is 12.2. The summed E-state index contributed by atoms with van der Waals surface area (Å²) in [6, 6.07) is 9.95. The number of amides is 1. The Balaban J connectivity index is 1.82. The zero-order valence-electron chi connectivity index (χ0n) is 11.5. The third-order valence-electron chi connectivity index (χ3n) is 3.65. The van der Waals surface area contributed by atoms with E-state index < -0.39 is 5.82 Å². The van der Waals surface area contributed by atoms with Crippen LogP contribution < -0.4 is 15.8 Å². The molecule has 1 aliphatic rings. The Hall–Kier alpha value is -2.56. The number of para-hydroxylation sites is 1. The average molecular weight is 286 g/mol. The summed E-state index contributed by atoms with van der Waals surface area (Å²) in [5.41, 5.74) is 7.45. The summed E-state index contributed by atoms with van der Waals surface area (Å²) >= 11 is 0. The summed E-state index contributed by atoms with van der Waals surface area (Å²) in [7, 11) is 0. The van der Waals surface area contributed by atoms with Gasteiger partial charge in [-0.3, -0.25) is 4.79 Å². The van der Waals surface area contributed by atoms with Gasteiger partial charge in [-0.05, 0) is 25.1 Å². The van der Waals surface area contributed by atoms with Crippen LogP contribution >= 0.6 is 0 Å². The summed E-state index contributed by atoms with van der Waals surface area (Å²) in [5.74, 6) is -0.0912. The van der Waals surface area contributed by atoms with E-state index in [0.29, 0.717) is 12.2 Å². The lowest BCUT2D eigenvalue weighted by Crippen LogP contribution is -2.29. The van der Waals surface area contributed by atoms with Crippen molar-refractivity contribution < 1.29 is 13.9 Å². The van der Waals surface area contributed by atoms with E-state index in [2.05, 4.69) is 5.32 Å². The molecule has 2 aromatic rings. The highest BCUT2D eigenvalue weighted by molar-refractivity contribution is 5.95. The largest absolute Gasteiger partial charge is 0.491 e. The summed E-state index contributed by atoms with van der Waals surface area (Å²) in [5, 5.41) is 2.84. The molecule has 1 aliphatic heterocycles. The van der Waals surface area contributed by atoms with Crippen LogP contribution in [0.1, 0.15) is 27.5 Å². The molecule has 3 N–H and O–H groups in total. The first-order valence-corrected chi connectivity index (χ1v) is 6.64. The van der Waals surface area contributed by atoms with Crippen LogP contribution in [0.5, 0.6) is 5.75 Å². The van der Waals surface area contributed by atoms with Crippen molar-refractivity contribution >= 4 is 11.6 Å². The molecule has 0 fully saturated rings. The van der Waals surface area contributed by atoms with Crippen molar-refractivity contribution in [2.75, 3.05) is 12.3 Å². The van der Waals surface area contributed by atoms with Gasteiger partial charge in [0, 0.05) is 22.4 Å². The number of hydrogen-bond acceptors (Lipinski definition) is 3. The number of benzene rings is 2. The van der Waals surface area contributed by atoms with Gasteiger partial charge in [0.15, 0.2) is 0 Å². The minimum Gasteiger partial charge on any atom is -0.491 e. The van der Waals surface area contributed by atoms with E-state index in [0.717, 1.165) is 11.3 Å². The Morgan fingerprint density at radius 1 is 1.38 bits per heavy atom. The lowest BCUT2D eigenvalue weighted by molar-refractivity contribution is 0.0930. The lowest BCUT2D eigenvalue weighted by atomic mass is 10.1. The highest BCUT2D eigenvalue weighted by Crippen LogP contribution is 2.31. The van der Waals surface area contributed by atoms with Crippen molar-refractivity contribution in [3.8, 4) is 5.75 Å². The first kappa shape index (κ1) is 13.4. The molecule has 1 amide bonds. The minimum atomic E-state index is -0.483. The zero-order valence-corrected chi connectivity index (χ0v) is 11.5. The molecule has 3 rings (SSSR count). The Kier molecular flexibility index (Phi) is 3.25. The van der Waals surface area contributed by atoms with E-state index in [1.165, 1.54) is 12.1 Å². The molecule has 0 aromatic heterocycles. The third-order valence-corrected chi connectivity index (χ3v) is 3.65. The van der Waals surface area contributed by atoms with Crippen LogP contribution in [0.4, 0.5) is 10.1 Å². The van der Waals surface area contributed by atoms with Crippen molar-refractivity contribution in [3.05, 3.63) is 58.9 Å². The third kappa shape index (κ3) is 2.42. The second-order valence-corrected chi connectivity index (χ2v) is 5.05. The molecule has 0 spiro atoms. The lowest BCUT2D eigenvalue weighted by Gasteiger charge is -2.13. The number of ether oxygens (including phenoxy) is 1. The van der Waals surface area contributed by atoms with Crippen LogP contribution in [0.2, 0.25) is 0 Å². The Labute approximate surface area is 121 Å². The fraction of sp³-hybridized carbons (Fsp3) is 0.188. The van der Waals surface area contributed by atoms with Crippen molar-refractivity contribution in [1.82, 2.24) is 5.32 Å². The highest BCUT2D eigenvalue weighted by atomic mass is 19.1. The van der Waals surface area contributed by atoms with Gasteiger partial charge in [0.25, 0.3) is 5.91 Å². The second kappa shape index (κ2) is 5.09. The summed E-state index contributed by atoms with van der Waals surface area (Å²) in [6.07, 6.45) is 0. The quantitative estimate of drug-likeness (QED) is 0.834. The zero-order chi connectivity index (χ0) is 15.0. The van der Waals surface area contributed by atoms with E-state index in [4.69, 9.17) is 10.5 Å². The van der Waals surface area contributed by atoms with Crippen LogP contribution in [-0.2, 0) is 0 Å². The maximum Gasteiger partial charge on any atom is 0.252 e. The van der Waals surface area contributed by atoms with E-state index >= 15 is 0 Å². The van der Waals surface area contributed by atoms with Gasteiger partial charge in [-0.25, -0.2) is 4.39 Å². The number of hydrogen-bond donors (Lipinski definition) is 2. The number of rotatable bonds is 2. The van der Waals surface area contributed by atoms with E-state index in [1.807, 2.05) is 24.3 Å². The Morgan fingerprint density at radius 3 is 2.90 bits per heavy atom. The van der Waals surface area contributed by atoms with Gasteiger partial charge in [0.05, 0.1) is 6.04 Å². The van der Waals surface area contributed by atoms with Crippen LogP contribution in [-0.4, -0.2) is 12.5 Å². The van der Waals surface area contributed by atoms with Crippen molar-refractivity contribution in [3.63, 3.8) is 0 Å². The van der Waals surface area contributed by atoms with Crippen molar-refractivity contribution in [2.24, 2.45) is 0 Å². The second-order valence-electron chi connectivity index (χ2n) is 5.05. The molecule has 0 aliphatic carbocycles. The Bertz CT molecular complexity index is 692. The standard InChI is InChI=1S/C16H15FN2O2/c1-9-12(17)6-10(7-13(9)18)16(20)19-14-8-21-15-5-3-2-4-11(14)15/h2-7,14H,8,18H2,1H3,(H,19,20). The number of carbonyl (C=O) groups is 1. The Morgan fingerprint density at radius 2 is 2.14 bits per heavy atom. The van der Waals surface area contributed by atoms with Crippen molar-refractivity contribution in [1.29, 1.82) is 0 Å². The SMILES string of the molecule is Cc1c(N)cc(C(=O)NC2COc3ccccc32)cc1F. The molecule has 4 nitrogen and oxygen atoms in total. The number of anilines is 1. The molecule has 108 valence electrons. The molecule has 2 aromatic carbocycles. The summed E-state index contributed by atoms with van der Waals surface area (Å²) in [6.45, 7) is 1.95. The van der Waals surface area contributed by atoms with E-state index in [1.54, 1.807) is 6.92 Å². The smallest absolute Gasteiger partial charge is 0.252 e. The molecule has 5 heteroatoms. The molecular weight excluding hydrogens is 271 g/mol. The molecule has 0 saturated carbocycles. The van der Waals surface area contributed by atoms with Crippen LogP contribution in [0, 0.1) is 12.7 Å². The van der Waals surface area contributed by atoms with Crippen molar-refractivity contribution in [2.45, 2.75) is 13.0 Å². The number of halogens is 1. The maximum atomic E-state index is 13.7. The number of carbonyl (C=O) groups excluding carboxylic acids is 1. The number of nitrogen functional groups attached to an aromatic ring is 1. The topological polar surface area (TPSA) is 64.4 Å². The highest BCUT2D eigenvalue weighted by Gasteiger charge is 2.25. The first-order valence-electron chi connectivity index (χ1n) is 6.64. The molecule has 0 radical (unpaired) electrons. The average Bonchev–Trinajstić information content (AvgIpc) is 2.87. The van der Waals surface area contributed by atoms with Gasteiger partial charge in [0.1, 0.15) is 18.2 Å². The molecule has 0 saturated heterocycles. The van der Waals surface area contributed by atoms with Gasteiger partial charge in [-0.15, -0.1) is 0 Å². The number of nitrogens with two attached hydrogens (primary N) is 1. The maximum absolute atomic E-state index is 13.7. The molecule has 21 heavy (non-hydrogen) atoms. The molecule has 1 unspecified atom stereocenters. The van der Waals surface area contributed by atoms with Gasteiger partial charge < -0.3 is 15.8 Å². The molecular formula is C16H15FN2O2. The number of fused-ring (bicyclic) bond motifs is 1. The fourth-order valence-corrected chi connectivity index (χ4v) is 2.35. The summed E-state index contributed by atoms with van der Waals surface area (Å²) < 4.78 is 19.2. The van der Waals surface area contributed by atoms with E-state index in [-0.39, 0.29) is 23.2 Å². The minimum absolute atomic E-state index is 0.208. The van der Waals surface area contributed by atoms with Gasteiger partial charge in [-0.2, -0.15) is 0 Å². The van der Waals surface area contributed by atoms with E-state index in [9.17, 15) is 9.18 Å².